The van der Waals surface area contributed by atoms with Crippen LogP contribution in [0.1, 0.15) is 24.8 Å². The van der Waals surface area contributed by atoms with Crippen LogP contribution in [0.2, 0.25) is 10.0 Å². The number of hydrogen-bond donors (Lipinski definition) is 1. The molecule has 0 bridgehead atoms. The molecule has 0 radical (unpaired) electrons. The number of rotatable bonds is 8. The molecular weight excluding hydrogens is 397 g/mol. The second-order valence-corrected chi connectivity index (χ2v) is 8.19. The molecule has 0 saturated carbocycles. The van der Waals surface area contributed by atoms with Gasteiger partial charge in [-0.05, 0) is 47.1 Å². The Hall–Kier alpha value is -1.68. The lowest BCUT2D eigenvalue weighted by molar-refractivity contribution is -0.121. The minimum Gasteiger partial charge on any atom is -0.352 e. The van der Waals surface area contributed by atoms with Gasteiger partial charge in [0.1, 0.15) is 0 Å². The fourth-order valence-electron chi connectivity index (χ4n) is 2.91. The monoisotopic (exact) mass is 417 g/mol. The minimum atomic E-state index is 0.0868. The normalized spacial score (nSPS) is 10.9. The molecule has 1 N–H and O–H groups in total. The van der Waals surface area contributed by atoms with Gasteiger partial charge in [0, 0.05) is 17.9 Å². The van der Waals surface area contributed by atoms with Crippen LogP contribution in [-0.4, -0.2) is 11.7 Å². The molecule has 5 heteroatoms. The van der Waals surface area contributed by atoms with E-state index in [0.717, 1.165) is 29.1 Å². The van der Waals surface area contributed by atoms with Crippen molar-refractivity contribution < 1.29 is 4.79 Å². The average molecular weight is 418 g/mol. The minimum absolute atomic E-state index is 0.0868. The molecule has 0 aliphatic heterocycles. The van der Waals surface area contributed by atoms with Gasteiger partial charge in [-0.3, -0.25) is 4.79 Å². The lowest BCUT2D eigenvalue weighted by Gasteiger charge is -2.09. The number of thioether (sulfide) groups is 1. The van der Waals surface area contributed by atoms with Gasteiger partial charge >= 0.3 is 0 Å². The van der Waals surface area contributed by atoms with Crippen LogP contribution in [0.25, 0.3) is 10.8 Å². The third-order valence-electron chi connectivity index (χ3n) is 4.32. The number of nitrogens with one attached hydrogen (secondary N) is 1. The van der Waals surface area contributed by atoms with Crippen LogP contribution in [0.15, 0.2) is 65.6 Å². The predicted molar refractivity (Wildman–Crippen MR) is 117 cm³/mol. The topological polar surface area (TPSA) is 29.1 Å². The van der Waals surface area contributed by atoms with Gasteiger partial charge < -0.3 is 5.32 Å². The molecule has 2 nitrogen and oxygen atoms in total. The quantitative estimate of drug-likeness (QED) is 0.325. The average Bonchev–Trinajstić information content (AvgIpc) is 2.68. The Kier molecular flexibility index (Phi) is 7.45. The zero-order valence-corrected chi connectivity index (χ0v) is 17.2. The van der Waals surface area contributed by atoms with Gasteiger partial charge in [0.25, 0.3) is 0 Å². The molecule has 0 aliphatic carbocycles. The van der Waals surface area contributed by atoms with Crippen LogP contribution in [0, 0.1) is 0 Å². The van der Waals surface area contributed by atoms with Gasteiger partial charge in [-0.25, -0.2) is 0 Å². The van der Waals surface area contributed by atoms with Crippen molar-refractivity contribution in [3.8, 4) is 0 Å². The first-order valence-corrected chi connectivity index (χ1v) is 10.7. The molecule has 0 saturated heterocycles. The highest BCUT2D eigenvalue weighted by Crippen LogP contribution is 2.34. The van der Waals surface area contributed by atoms with E-state index in [-0.39, 0.29) is 5.91 Å². The summed E-state index contributed by atoms with van der Waals surface area (Å²) in [7, 11) is 0. The fraction of sp³-hybridized carbons (Fsp3) is 0.227. The maximum atomic E-state index is 12.1. The summed E-state index contributed by atoms with van der Waals surface area (Å²) in [5.41, 5.74) is 1.14. The number of unbranched alkanes of at least 4 members (excludes halogenated alkanes) is 1. The van der Waals surface area contributed by atoms with Crippen molar-refractivity contribution >= 4 is 51.6 Å². The zero-order chi connectivity index (χ0) is 19.1. The van der Waals surface area contributed by atoms with Crippen molar-refractivity contribution in [2.45, 2.75) is 30.7 Å². The van der Waals surface area contributed by atoms with Gasteiger partial charge in [-0.2, -0.15) is 0 Å². The van der Waals surface area contributed by atoms with Crippen molar-refractivity contribution in [3.63, 3.8) is 0 Å². The summed E-state index contributed by atoms with van der Waals surface area (Å²) in [6.07, 6.45) is 2.31. The summed E-state index contributed by atoms with van der Waals surface area (Å²) < 4.78 is 0. The Bertz CT molecular complexity index is 904. The van der Waals surface area contributed by atoms with Crippen LogP contribution in [0.3, 0.4) is 0 Å². The molecule has 0 spiro atoms. The highest BCUT2D eigenvalue weighted by Gasteiger charge is 2.07. The molecule has 3 aromatic carbocycles. The molecule has 1 amide bonds. The van der Waals surface area contributed by atoms with E-state index in [4.69, 9.17) is 23.2 Å². The zero-order valence-electron chi connectivity index (χ0n) is 14.9. The highest BCUT2D eigenvalue weighted by atomic mass is 35.5. The second kappa shape index (κ2) is 10.0. The largest absolute Gasteiger partial charge is 0.352 e. The maximum absolute atomic E-state index is 12.1. The van der Waals surface area contributed by atoms with E-state index in [0.29, 0.717) is 23.0 Å². The van der Waals surface area contributed by atoms with Gasteiger partial charge in [-0.1, -0.05) is 71.7 Å². The van der Waals surface area contributed by atoms with Gasteiger partial charge in [0.2, 0.25) is 5.91 Å². The van der Waals surface area contributed by atoms with E-state index < -0.39 is 0 Å². The Labute approximate surface area is 174 Å². The van der Waals surface area contributed by atoms with Crippen LogP contribution in [0.4, 0.5) is 0 Å². The summed E-state index contributed by atoms with van der Waals surface area (Å²) >= 11 is 14.0. The SMILES string of the molecule is O=C(CCCCSc1c(Cl)cccc1Cl)NCc1cccc2ccccc12. The molecule has 0 atom stereocenters. The number of benzene rings is 3. The molecule has 0 unspecified atom stereocenters. The highest BCUT2D eigenvalue weighted by molar-refractivity contribution is 7.99. The maximum Gasteiger partial charge on any atom is 0.220 e. The van der Waals surface area contributed by atoms with Gasteiger partial charge in [0.05, 0.1) is 10.0 Å². The summed E-state index contributed by atoms with van der Waals surface area (Å²) in [6.45, 7) is 0.560. The summed E-state index contributed by atoms with van der Waals surface area (Å²) in [5, 5.41) is 6.77. The Morgan fingerprint density at radius 1 is 0.889 bits per heavy atom. The van der Waals surface area contributed by atoms with E-state index in [2.05, 4.69) is 29.6 Å². The summed E-state index contributed by atoms with van der Waals surface area (Å²) in [5.74, 6) is 0.976. The standard InChI is InChI=1S/C22H21Cl2NOS/c23-19-11-6-12-20(24)22(19)27-14-4-3-13-21(26)25-15-17-9-5-8-16-7-1-2-10-18(16)17/h1-2,5-12H,3-4,13-15H2,(H,25,26). The lowest BCUT2D eigenvalue weighted by Crippen LogP contribution is -2.22. The molecule has 0 fully saturated rings. The van der Waals surface area contributed by atoms with Crippen molar-refractivity contribution in [2.24, 2.45) is 0 Å². The molecule has 0 aromatic heterocycles. The first kappa shape index (κ1) is 20.1. The van der Waals surface area contributed by atoms with Crippen LogP contribution >= 0.6 is 35.0 Å². The summed E-state index contributed by atoms with van der Waals surface area (Å²) in [4.78, 5) is 13.1. The number of fused-ring (bicyclic) bond motifs is 1. The smallest absolute Gasteiger partial charge is 0.220 e. The molecule has 0 aliphatic rings. The van der Waals surface area contributed by atoms with Gasteiger partial charge in [-0.15, -0.1) is 11.8 Å². The number of halogens is 2. The number of amides is 1. The predicted octanol–water partition coefficient (Wildman–Crippen LogP) is 6.73. The Morgan fingerprint density at radius 3 is 2.41 bits per heavy atom. The Balaban J connectivity index is 1.40. The van der Waals surface area contributed by atoms with Crippen LogP contribution < -0.4 is 5.32 Å². The first-order chi connectivity index (χ1) is 13.1. The van der Waals surface area contributed by atoms with Crippen molar-refractivity contribution in [1.82, 2.24) is 5.32 Å². The second-order valence-electron chi connectivity index (χ2n) is 6.27. The number of carbonyl (C=O) groups excluding carboxylic acids is 1. The molecule has 3 aromatic rings. The van der Waals surface area contributed by atoms with Crippen molar-refractivity contribution in [1.29, 1.82) is 0 Å². The van der Waals surface area contributed by atoms with E-state index in [9.17, 15) is 4.79 Å². The third kappa shape index (κ3) is 5.65. The van der Waals surface area contributed by atoms with Gasteiger partial charge in [0.15, 0.2) is 0 Å². The lowest BCUT2D eigenvalue weighted by atomic mass is 10.0. The van der Waals surface area contributed by atoms with E-state index in [1.807, 2.05) is 36.4 Å². The first-order valence-electron chi connectivity index (χ1n) is 8.95. The molecule has 27 heavy (non-hydrogen) atoms. The van der Waals surface area contributed by atoms with Crippen molar-refractivity contribution in [2.75, 3.05) is 5.75 Å². The molecular formula is C22H21Cl2NOS. The molecule has 3 rings (SSSR count). The van der Waals surface area contributed by atoms with Crippen molar-refractivity contribution in [3.05, 3.63) is 76.3 Å². The van der Waals surface area contributed by atoms with E-state index in [1.165, 1.54) is 10.8 Å². The molecule has 0 heterocycles. The van der Waals surface area contributed by atoms with Crippen LogP contribution in [-0.2, 0) is 11.3 Å². The summed E-state index contributed by atoms with van der Waals surface area (Å²) in [6, 6.07) is 19.9. The van der Waals surface area contributed by atoms with E-state index >= 15 is 0 Å². The number of carbonyl (C=O) groups is 1. The fourth-order valence-corrected chi connectivity index (χ4v) is 4.60. The van der Waals surface area contributed by atoms with Crippen LogP contribution in [0.5, 0.6) is 0 Å². The third-order valence-corrected chi connectivity index (χ3v) is 6.39. The molecule has 140 valence electrons. The Morgan fingerprint density at radius 2 is 1.59 bits per heavy atom. The number of hydrogen-bond acceptors (Lipinski definition) is 2. The van der Waals surface area contributed by atoms with E-state index in [1.54, 1.807) is 11.8 Å².